The molecule has 0 fully saturated rings. The van der Waals surface area contributed by atoms with Crippen LogP contribution in [0.15, 0.2) is 41.8 Å². The highest BCUT2D eigenvalue weighted by Crippen LogP contribution is 2.47. The lowest BCUT2D eigenvalue weighted by Gasteiger charge is -2.33. The van der Waals surface area contributed by atoms with E-state index in [1.807, 2.05) is 54.8 Å². The number of hydrogen-bond acceptors (Lipinski definition) is 4. The molecule has 0 amide bonds. The predicted molar refractivity (Wildman–Crippen MR) is 116 cm³/mol. The maximum atomic E-state index is 13.6. The number of rotatable bonds is 4. The van der Waals surface area contributed by atoms with E-state index in [-0.39, 0.29) is 11.2 Å². The van der Waals surface area contributed by atoms with Crippen molar-refractivity contribution in [3.05, 3.63) is 64.9 Å². The van der Waals surface area contributed by atoms with E-state index in [0.29, 0.717) is 0 Å². The predicted octanol–water partition coefficient (Wildman–Crippen LogP) is 5.26. The van der Waals surface area contributed by atoms with Crippen LogP contribution in [-0.4, -0.2) is 36.3 Å². The van der Waals surface area contributed by atoms with Crippen LogP contribution in [0.1, 0.15) is 46.6 Å². The summed E-state index contributed by atoms with van der Waals surface area (Å²) in [5.74, 6) is 0.844. The second-order valence-corrected chi connectivity index (χ2v) is 9.14. The molecule has 1 heterocycles. The number of carbonyl (C=O) groups excluding carboxylic acids is 1. The van der Waals surface area contributed by atoms with Crippen molar-refractivity contribution in [2.75, 3.05) is 21.2 Å². The van der Waals surface area contributed by atoms with Gasteiger partial charge in [-0.15, -0.1) is 0 Å². The number of hydrogen-bond donors (Lipinski definition) is 1. The van der Waals surface area contributed by atoms with Gasteiger partial charge in [-0.3, -0.25) is 9.10 Å². The Balaban J connectivity index is 1.99. The zero-order chi connectivity index (χ0) is 20.2. The fraction of sp³-hybridized carbons (Fsp3) is 0.261. The van der Waals surface area contributed by atoms with Crippen LogP contribution < -0.4 is 4.74 Å². The Kier molecular flexibility index (Phi) is 4.40. The summed E-state index contributed by atoms with van der Waals surface area (Å²) < 4.78 is 7.63. The molecule has 4 nitrogen and oxygen atoms in total. The molecule has 1 aromatic heterocycles. The molecule has 0 atom stereocenters. The first-order chi connectivity index (χ1) is 13.3. The van der Waals surface area contributed by atoms with Crippen LogP contribution in [0.25, 0.3) is 17.0 Å². The smallest absolute Gasteiger partial charge is 0.195 e. The maximum absolute atomic E-state index is 13.6. The lowest BCUT2D eigenvalue weighted by Crippen LogP contribution is -2.30. The molecule has 5 heteroatoms. The zero-order valence-electron chi connectivity index (χ0n) is 16.8. The van der Waals surface area contributed by atoms with Crippen molar-refractivity contribution in [2.45, 2.75) is 24.2 Å². The SMILES string of the molecule is C=Cc1ccc2c3c([nH]c2c1)C(C)(C)c1cc(OC)c(SN(C)C)cc1C3=O. The molecule has 0 radical (unpaired) electrons. The highest BCUT2D eigenvalue weighted by molar-refractivity contribution is 7.97. The van der Waals surface area contributed by atoms with Crippen molar-refractivity contribution in [2.24, 2.45) is 0 Å². The Morgan fingerprint density at radius 3 is 2.61 bits per heavy atom. The quantitative estimate of drug-likeness (QED) is 0.615. The molecule has 1 aliphatic carbocycles. The molecule has 0 spiro atoms. The number of fused-ring (bicyclic) bond motifs is 4. The lowest BCUT2D eigenvalue weighted by molar-refractivity contribution is 0.103. The first-order valence-corrected chi connectivity index (χ1v) is 9.96. The van der Waals surface area contributed by atoms with Gasteiger partial charge < -0.3 is 9.72 Å². The van der Waals surface area contributed by atoms with Crippen LogP contribution >= 0.6 is 11.9 Å². The van der Waals surface area contributed by atoms with Gasteiger partial charge in [0.25, 0.3) is 0 Å². The minimum atomic E-state index is -0.347. The molecule has 0 saturated carbocycles. The van der Waals surface area contributed by atoms with Crippen molar-refractivity contribution in [3.63, 3.8) is 0 Å². The Bertz CT molecular complexity index is 1130. The molecule has 0 unspecified atom stereocenters. The van der Waals surface area contributed by atoms with Crippen molar-refractivity contribution in [1.29, 1.82) is 0 Å². The first kappa shape index (κ1) is 18.8. The summed E-state index contributed by atoms with van der Waals surface area (Å²) in [5, 5.41) is 0.960. The number of nitrogens with one attached hydrogen (secondary N) is 1. The third kappa shape index (κ3) is 2.69. The summed E-state index contributed by atoms with van der Waals surface area (Å²) >= 11 is 1.55. The van der Waals surface area contributed by atoms with Gasteiger partial charge in [0.1, 0.15) is 5.75 Å². The average Bonchev–Trinajstić information content (AvgIpc) is 3.05. The van der Waals surface area contributed by atoms with E-state index in [1.165, 1.54) is 0 Å². The highest BCUT2D eigenvalue weighted by Gasteiger charge is 2.40. The van der Waals surface area contributed by atoms with Crippen LogP contribution in [0.5, 0.6) is 5.75 Å². The van der Waals surface area contributed by atoms with Gasteiger partial charge in [0.2, 0.25) is 0 Å². The van der Waals surface area contributed by atoms with E-state index >= 15 is 0 Å². The van der Waals surface area contributed by atoms with E-state index in [0.717, 1.165) is 49.5 Å². The van der Waals surface area contributed by atoms with E-state index < -0.39 is 0 Å². The van der Waals surface area contributed by atoms with E-state index in [1.54, 1.807) is 19.1 Å². The molecule has 28 heavy (non-hydrogen) atoms. The zero-order valence-corrected chi connectivity index (χ0v) is 17.7. The van der Waals surface area contributed by atoms with Gasteiger partial charge in [0.05, 0.1) is 17.6 Å². The average molecular weight is 393 g/mol. The third-order valence-electron chi connectivity index (χ3n) is 5.41. The van der Waals surface area contributed by atoms with Crippen LogP contribution in [0.4, 0.5) is 0 Å². The number of ketones is 1. The maximum Gasteiger partial charge on any atom is 0.195 e. The monoisotopic (exact) mass is 392 g/mol. The molecule has 0 saturated heterocycles. The minimum Gasteiger partial charge on any atom is -0.496 e. The summed E-state index contributed by atoms with van der Waals surface area (Å²) in [6.45, 7) is 8.15. The Morgan fingerprint density at radius 2 is 1.96 bits per heavy atom. The summed E-state index contributed by atoms with van der Waals surface area (Å²) in [6.07, 6.45) is 1.82. The Hall–Kier alpha value is -2.50. The summed E-state index contributed by atoms with van der Waals surface area (Å²) in [4.78, 5) is 18.0. The number of nitrogens with zero attached hydrogens (tertiary/aromatic N) is 1. The molecular formula is C23H24N2O2S. The number of ether oxygens (including phenoxy) is 1. The molecular weight excluding hydrogens is 368 g/mol. The van der Waals surface area contributed by atoms with E-state index in [2.05, 4.69) is 25.4 Å². The largest absolute Gasteiger partial charge is 0.496 e. The van der Waals surface area contributed by atoms with Gasteiger partial charge in [-0.1, -0.05) is 38.6 Å². The van der Waals surface area contributed by atoms with Gasteiger partial charge >= 0.3 is 0 Å². The van der Waals surface area contributed by atoms with Crippen LogP contribution in [-0.2, 0) is 5.41 Å². The standard InChI is InChI=1S/C23H24N2O2S/c1-7-13-8-9-14-17(10-13)24-22-20(14)21(26)15-11-19(28-25(4)5)18(27-6)12-16(15)23(22,2)3/h7-12,24H,1H2,2-6H3. The normalized spacial score (nSPS) is 14.9. The number of aromatic amines is 1. The Labute approximate surface area is 169 Å². The lowest BCUT2D eigenvalue weighted by atomic mass is 9.71. The minimum absolute atomic E-state index is 0.0604. The number of H-pyrrole nitrogens is 1. The summed E-state index contributed by atoms with van der Waals surface area (Å²) in [5.41, 5.74) is 5.11. The third-order valence-corrected chi connectivity index (χ3v) is 6.29. The number of methoxy groups -OCH3 is 1. The second kappa shape index (κ2) is 6.54. The molecule has 144 valence electrons. The van der Waals surface area contributed by atoms with E-state index in [4.69, 9.17) is 4.74 Å². The van der Waals surface area contributed by atoms with Crippen LogP contribution in [0.2, 0.25) is 0 Å². The van der Waals surface area contributed by atoms with Gasteiger partial charge in [-0.05, 0) is 55.4 Å². The van der Waals surface area contributed by atoms with Crippen molar-refractivity contribution < 1.29 is 9.53 Å². The summed E-state index contributed by atoms with van der Waals surface area (Å²) in [6, 6.07) is 10.0. The fourth-order valence-electron chi connectivity index (χ4n) is 4.01. The molecule has 0 bridgehead atoms. The number of carbonyl (C=O) groups is 1. The fourth-order valence-corrected chi connectivity index (χ4v) is 4.80. The van der Waals surface area contributed by atoms with Gasteiger partial charge in [-0.2, -0.15) is 0 Å². The van der Waals surface area contributed by atoms with Crippen molar-refractivity contribution >= 4 is 34.7 Å². The number of aromatic nitrogens is 1. The van der Waals surface area contributed by atoms with Gasteiger partial charge in [0, 0.05) is 27.6 Å². The second-order valence-electron chi connectivity index (χ2n) is 7.79. The molecule has 1 aliphatic rings. The van der Waals surface area contributed by atoms with Crippen molar-refractivity contribution in [1.82, 2.24) is 9.29 Å². The van der Waals surface area contributed by atoms with Gasteiger partial charge in [0.15, 0.2) is 5.78 Å². The van der Waals surface area contributed by atoms with Crippen LogP contribution in [0.3, 0.4) is 0 Å². The molecule has 1 N–H and O–H groups in total. The topological polar surface area (TPSA) is 45.3 Å². The Morgan fingerprint density at radius 1 is 1.21 bits per heavy atom. The molecule has 2 aromatic carbocycles. The first-order valence-electron chi connectivity index (χ1n) is 9.19. The van der Waals surface area contributed by atoms with Crippen molar-refractivity contribution in [3.8, 4) is 5.75 Å². The highest BCUT2D eigenvalue weighted by atomic mass is 32.2. The molecule has 3 aromatic rings. The summed E-state index contributed by atoms with van der Waals surface area (Å²) in [7, 11) is 5.62. The number of benzene rings is 2. The molecule has 4 rings (SSSR count). The molecule has 0 aliphatic heterocycles. The van der Waals surface area contributed by atoms with Gasteiger partial charge in [-0.25, -0.2) is 0 Å². The van der Waals surface area contributed by atoms with E-state index in [9.17, 15) is 4.79 Å². The van der Waals surface area contributed by atoms with Crippen LogP contribution in [0, 0.1) is 0 Å².